The fourth-order valence-electron chi connectivity index (χ4n) is 2.63. The van der Waals surface area contributed by atoms with Gasteiger partial charge >= 0.3 is 12.2 Å². The summed E-state index contributed by atoms with van der Waals surface area (Å²) in [7, 11) is 0. The number of likely N-dealkylation sites (N-methyl/N-ethyl adjacent to an activating group) is 1. The van der Waals surface area contributed by atoms with Crippen molar-refractivity contribution in [2.75, 3.05) is 26.3 Å². The standard InChI is InChI=1S/C15H21F3N4O3/c1-3-22(10-7-25-8-11(10)23)14(24)19-5-4-13-20-9(2)6-12(21-13)15(16,17)18/h6,10-11,23H,3-5,7-8H2,1-2H3,(H,19,24)/t10-,11-/m0/s1. The number of amides is 2. The van der Waals surface area contributed by atoms with Crippen LogP contribution >= 0.6 is 0 Å². The number of halogens is 3. The number of aliphatic hydroxyl groups excluding tert-OH is 1. The molecule has 2 heterocycles. The maximum Gasteiger partial charge on any atom is 0.433 e. The average Bonchev–Trinajstić information content (AvgIpc) is 2.93. The molecular weight excluding hydrogens is 341 g/mol. The molecule has 2 N–H and O–H groups in total. The predicted molar refractivity (Wildman–Crippen MR) is 81.9 cm³/mol. The molecule has 10 heteroatoms. The highest BCUT2D eigenvalue weighted by atomic mass is 19.4. The summed E-state index contributed by atoms with van der Waals surface area (Å²) in [5.41, 5.74) is -0.784. The Bertz CT molecular complexity index is 612. The van der Waals surface area contributed by atoms with Crippen molar-refractivity contribution in [3.63, 3.8) is 0 Å². The number of aliphatic hydroxyl groups is 1. The molecule has 0 saturated carbocycles. The van der Waals surface area contributed by atoms with Gasteiger partial charge < -0.3 is 20.1 Å². The number of rotatable bonds is 5. The number of hydrogen-bond donors (Lipinski definition) is 2. The Morgan fingerprint density at radius 3 is 2.72 bits per heavy atom. The Labute approximate surface area is 143 Å². The molecule has 2 rings (SSSR count). The number of nitrogens with zero attached hydrogens (tertiary/aromatic N) is 3. The van der Waals surface area contributed by atoms with Gasteiger partial charge in [-0.15, -0.1) is 0 Å². The second kappa shape index (κ2) is 7.96. The van der Waals surface area contributed by atoms with Crippen molar-refractivity contribution in [2.24, 2.45) is 0 Å². The fourth-order valence-corrected chi connectivity index (χ4v) is 2.63. The number of hydrogen-bond acceptors (Lipinski definition) is 5. The first kappa shape index (κ1) is 19.4. The van der Waals surface area contributed by atoms with Crippen LogP contribution < -0.4 is 5.32 Å². The van der Waals surface area contributed by atoms with E-state index in [9.17, 15) is 23.1 Å². The third kappa shape index (κ3) is 5.02. The Balaban J connectivity index is 1.93. The van der Waals surface area contributed by atoms with Crippen LogP contribution in [-0.4, -0.2) is 64.5 Å². The summed E-state index contributed by atoms with van der Waals surface area (Å²) in [6, 6.07) is 0.0281. The van der Waals surface area contributed by atoms with Crippen molar-refractivity contribution < 1.29 is 27.8 Å². The minimum Gasteiger partial charge on any atom is -0.388 e. The van der Waals surface area contributed by atoms with E-state index in [1.54, 1.807) is 6.92 Å². The van der Waals surface area contributed by atoms with Gasteiger partial charge in [0.05, 0.1) is 25.4 Å². The Morgan fingerprint density at radius 2 is 2.16 bits per heavy atom. The van der Waals surface area contributed by atoms with Crippen LogP contribution in [0.5, 0.6) is 0 Å². The number of aryl methyl sites for hydroxylation is 1. The molecule has 1 aliphatic heterocycles. The number of aromatic nitrogens is 2. The van der Waals surface area contributed by atoms with Gasteiger partial charge in [-0.1, -0.05) is 0 Å². The number of carbonyl (C=O) groups is 1. The van der Waals surface area contributed by atoms with E-state index < -0.39 is 30.0 Å². The van der Waals surface area contributed by atoms with E-state index in [2.05, 4.69) is 15.3 Å². The van der Waals surface area contributed by atoms with E-state index in [-0.39, 0.29) is 37.7 Å². The molecule has 7 nitrogen and oxygen atoms in total. The van der Waals surface area contributed by atoms with Crippen LogP contribution in [0.1, 0.15) is 24.1 Å². The molecule has 1 saturated heterocycles. The van der Waals surface area contributed by atoms with Crippen molar-refractivity contribution in [2.45, 2.75) is 38.6 Å². The molecule has 0 spiro atoms. The highest BCUT2D eigenvalue weighted by Gasteiger charge is 2.34. The number of nitrogens with one attached hydrogen (secondary N) is 1. The summed E-state index contributed by atoms with van der Waals surface area (Å²) in [4.78, 5) is 21.1. The molecule has 1 aliphatic rings. The second-order valence-corrected chi connectivity index (χ2v) is 5.75. The normalized spacial score (nSPS) is 20.6. The number of urea groups is 1. The molecule has 2 atom stereocenters. The fraction of sp³-hybridized carbons (Fsp3) is 0.667. The van der Waals surface area contributed by atoms with Crippen LogP contribution in [0.2, 0.25) is 0 Å². The van der Waals surface area contributed by atoms with Crippen molar-refractivity contribution in [1.29, 1.82) is 0 Å². The number of carbonyl (C=O) groups excluding carboxylic acids is 1. The van der Waals surface area contributed by atoms with E-state index in [1.807, 2.05) is 0 Å². The molecule has 0 bridgehead atoms. The SMILES string of the molecule is CCN(C(=O)NCCc1nc(C)cc(C(F)(F)F)n1)[C@H]1COC[C@@H]1O. The number of ether oxygens (including phenoxy) is 1. The molecule has 0 aromatic carbocycles. The first-order chi connectivity index (χ1) is 11.7. The summed E-state index contributed by atoms with van der Waals surface area (Å²) in [5, 5.41) is 12.4. The zero-order chi connectivity index (χ0) is 18.6. The van der Waals surface area contributed by atoms with Crippen LogP contribution in [0.25, 0.3) is 0 Å². The zero-order valence-corrected chi connectivity index (χ0v) is 14.0. The van der Waals surface area contributed by atoms with Crippen molar-refractivity contribution in [3.8, 4) is 0 Å². The summed E-state index contributed by atoms with van der Waals surface area (Å²) in [5.74, 6) is 0.0138. The molecule has 1 aromatic rings. The van der Waals surface area contributed by atoms with Gasteiger partial charge in [0.15, 0.2) is 0 Å². The van der Waals surface area contributed by atoms with Crippen LogP contribution in [0.4, 0.5) is 18.0 Å². The van der Waals surface area contributed by atoms with Gasteiger partial charge in [0, 0.05) is 25.2 Å². The van der Waals surface area contributed by atoms with E-state index in [0.717, 1.165) is 6.07 Å². The van der Waals surface area contributed by atoms with Gasteiger partial charge in [-0.2, -0.15) is 13.2 Å². The largest absolute Gasteiger partial charge is 0.433 e. The zero-order valence-electron chi connectivity index (χ0n) is 14.0. The van der Waals surface area contributed by atoms with Gasteiger partial charge in [0.1, 0.15) is 11.5 Å². The maximum absolute atomic E-state index is 12.8. The lowest BCUT2D eigenvalue weighted by Crippen LogP contribution is -2.51. The van der Waals surface area contributed by atoms with Crippen LogP contribution in [0.3, 0.4) is 0 Å². The van der Waals surface area contributed by atoms with E-state index in [0.29, 0.717) is 6.54 Å². The minimum atomic E-state index is -4.54. The smallest absolute Gasteiger partial charge is 0.388 e. The molecule has 140 valence electrons. The lowest BCUT2D eigenvalue weighted by molar-refractivity contribution is -0.141. The molecule has 25 heavy (non-hydrogen) atoms. The Morgan fingerprint density at radius 1 is 1.44 bits per heavy atom. The second-order valence-electron chi connectivity index (χ2n) is 5.75. The molecule has 0 radical (unpaired) electrons. The Kier molecular flexibility index (Phi) is 6.17. The topological polar surface area (TPSA) is 87.6 Å². The van der Waals surface area contributed by atoms with Crippen LogP contribution in [0.15, 0.2) is 6.07 Å². The van der Waals surface area contributed by atoms with E-state index in [4.69, 9.17) is 4.74 Å². The lowest BCUT2D eigenvalue weighted by atomic mass is 10.2. The average molecular weight is 362 g/mol. The predicted octanol–water partition coefficient (Wildman–Crippen LogP) is 1.14. The van der Waals surface area contributed by atoms with Crippen molar-refractivity contribution >= 4 is 6.03 Å². The molecule has 2 amide bonds. The van der Waals surface area contributed by atoms with E-state index >= 15 is 0 Å². The summed E-state index contributed by atoms with van der Waals surface area (Å²) < 4.78 is 43.4. The van der Waals surface area contributed by atoms with Gasteiger partial charge in [0.25, 0.3) is 0 Å². The van der Waals surface area contributed by atoms with Crippen LogP contribution in [0, 0.1) is 6.92 Å². The summed E-state index contributed by atoms with van der Waals surface area (Å²) in [6.07, 6.45) is -5.22. The third-order valence-electron chi connectivity index (χ3n) is 3.84. The highest BCUT2D eigenvalue weighted by molar-refractivity contribution is 5.74. The molecular formula is C15H21F3N4O3. The quantitative estimate of drug-likeness (QED) is 0.820. The monoisotopic (exact) mass is 362 g/mol. The summed E-state index contributed by atoms with van der Waals surface area (Å²) >= 11 is 0. The molecule has 0 unspecified atom stereocenters. The summed E-state index contributed by atoms with van der Waals surface area (Å²) in [6.45, 7) is 4.10. The minimum absolute atomic E-state index is 0.0138. The van der Waals surface area contributed by atoms with Gasteiger partial charge in [-0.05, 0) is 19.9 Å². The maximum atomic E-state index is 12.8. The van der Waals surface area contributed by atoms with Gasteiger partial charge in [-0.3, -0.25) is 0 Å². The van der Waals surface area contributed by atoms with Crippen molar-refractivity contribution in [1.82, 2.24) is 20.2 Å². The van der Waals surface area contributed by atoms with Crippen molar-refractivity contribution in [3.05, 3.63) is 23.3 Å². The highest BCUT2D eigenvalue weighted by Crippen LogP contribution is 2.27. The van der Waals surface area contributed by atoms with Gasteiger partial charge in [-0.25, -0.2) is 14.8 Å². The molecule has 1 fully saturated rings. The van der Waals surface area contributed by atoms with Gasteiger partial charge in [0.2, 0.25) is 0 Å². The number of alkyl halides is 3. The van der Waals surface area contributed by atoms with E-state index in [1.165, 1.54) is 11.8 Å². The third-order valence-corrected chi connectivity index (χ3v) is 3.84. The van der Waals surface area contributed by atoms with Crippen LogP contribution in [-0.2, 0) is 17.3 Å². The first-order valence-corrected chi connectivity index (χ1v) is 7.94. The molecule has 0 aliphatic carbocycles. The lowest BCUT2D eigenvalue weighted by Gasteiger charge is -2.28. The first-order valence-electron chi connectivity index (χ1n) is 7.94. The molecule has 1 aromatic heterocycles. The Hall–Kier alpha value is -1.94.